The molecule has 3 heteroatoms. The molecule has 3 rings (SSSR count). The molecule has 1 saturated carbocycles. The predicted molar refractivity (Wildman–Crippen MR) is 87.6 cm³/mol. The topological polar surface area (TPSA) is 49.3 Å². The van der Waals surface area contributed by atoms with Crippen LogP contribution in [0, 0.1) is 11.8 Å². The fourth-order valence-corrected chi connectivity index (χ4v) is 3.97. The van der Waals surface area contributed by atoms with Crippen molar-refractivity contribution in [1.82, 2.24) is 5.32 Å². The highest BCUT2D eigenvalue weighted by atomic mass is 16.3. The van der Waals surface area contributed by atoms with E-state index in [4.69, 9.17) is 0 Å². The van der Waals surface area contributed by atoms with E-state index in [-0.39, 0.29) is 18.2 Å². The summed E-state index contributed by atoms with van der Waals surface area (Å²) in [7, 11) is 0. The Balaban J connectivity index is 1.56. The van der Waals surface area contributed by atoms with Crippen LogP contribution in [0.1, 0.15) is 50.7 Å². The fraction of sp³-hybridized carbons (Fsp3) is 0.632. The lowest BCUT2D eigenvalue weighted by Gasteiger charge is -2.26. The van der Waals surface area contributed by atoms with Crippen molar-refractivity contribution in [3.8, 4) is 0 Å². The van der Waals surface area contributed by atoms with Crippen molar-refractivity contribution in [2.75, 3.05) is 6.54 Å². The lowest BCUT2D eigenvalue weighted by atomic mass is 9.78. The van der Waals surface area contributed by atoms with Crippen LogP contribution >= 0.6 is 0 Å². The van der Waals surface area contributed by atoms with Crippen molar-refractivity contribution >= 4 is 5.91 Å². The number of rotatable bonds is 5. The number of carbonyl (C=O) groups is 1. The highest BCUT2D eigenvalue weighted by Gasteiger charge is 2.56. The Hall–Kier alpha value is -1.35. The Bertz CT molecular complexity index is 554. The third-order valence-corrected chi connectivity index (χ3v) is 5.56. The molecule has 2 N–H and O–H groups in total. The van der Waals surface area contributed by atoms with E-state index in [2.05, 4.69) is 29.6 Å². The summed E-state index contributed by atoms with van der Waals surface area (Å²) in [6.07, 6.45) is 4.57. The summed E-state index contributed by atoms with van der Waals surface area (Å²) in [5.41, 5.74) is 3.33. The molecule has 2 aliphatic carbocycles. The summed E-state index contributed by atoms with van der Waals surface area (Å²) >= 11 is 0. The summed E-state index contributed by atoms with van der Waals surface area (Å²) in [6.45, 7) is 4.62. The zero-order valence-electron chi connectivity index (χ0n) is 13.6. The van der Waals surface area contributed by atoms with Crippen LogP contribution in [-0.4, -0.2) is 23.7 Å². The van der Waals surface area contributed by atoms with Gasteiger partial charge in [0.05, 0.1) is 12.5 Å². The maximum Gasteiger partial charge on any atom is 0.222 e. The van der Waals surface area contributed by atoms with Crippen molar-refractivity contribution in [3.63, 3.8) is 0 Å². The zero-order chi connectivity index (χ0) is 15.7. The normalized spacial score (nSPS) is 27.5. The molecule has 0 radical (unpaired) electrons. The number of aryl methyl sites for hydroxylation is 1. The first-order chi connectivity index (χ1) is 10.5. The molecule has 22 heavy (non-hydrogen) atoms. The van der Waals surface area contributed by atoms with E-state index in [0.29, 0.717) is 11.3 Å². The first-order valence-electron chi connectivity index (χ1n) is 8.56. The Morgan fingerprint density at radius 3 is 2.95 bits per heavy atom. The minimum atomic E-state index is -0.538. The number of carbonyl (C=O) groups excluding carboxylic acids is 1. The molecule has 3 unspecified atom stereocenters. The number of hydrogen-bond acceptors (Lipinski definition) is 2. The van der Waals surface area contributed by atoms with Crippen LogP contribution in [0.2, 0.25) is 0 Å². The number of benzene rings is 1. The van der Waals surface area contributed by atoms with Crippen LogP contribution < -0.4 is 5.32 Å². The Kier molecular flexibility index (Phi) is 4.26. The van der Waals surface area contributed by atoms with E-state index in [0.717, 1.165) is 6.54 Å². The quantitative estimate of drug-likeness (QED) is 0.878. The molecule has 1 spiro atoms. The second-order valence-corrected chi connectivity index (χ2v) is 7.39. The monoisotopic (exact) mass is 301 g/mol. The minimum Gasteiger partial charge on any atom is -0.392 e. The van der Waals surface area contributed by atoms with E-state index in [9.17, 15) is 9.90 Å². The summed E-state index contributed by atoms with van der Waals surface area (Å²) in [5, 5.41) is 12.8. The van der Waals surface area contributed by atoms with Crippen LogP contribution in [-0.2, 0) is 16.6 Å². The molecule has 0 saturated heterocycles. The molecule has 120 valence electrons. The van der Waals surface area contributed by atoms with Gasteiger partial charge in [-0.05, 0) is 48.6 Å². The van der Waals surface area contributed by atoms with Gasteiger partial charge in [0.1, 0.15) is 0 Å². The standard InChI is InChI=1S/C19H27NO2/c1-13(2)17(21)10-18(22)20-12-15-11-19(15)9-5-7-14-6-3-4-8-16(14)19/h3-4,6,8,13,15,17,21H,5,7,9-12H2,1-2H3,(H,20,22). The van der Waals surface area contributed by atoms with Gasteiger partial charge in [0.15, 0.2) is 0 Å². The number of aliphatic hydroxyl groups is 1. The lowest BCUT2D eigenvalue weighted by Crippen LogP contribution is -2.32. The van der Waals surface area contributed by atoms with Crippen LogP contribution in [0.4, 0.5) is 0 Å². The van der Waals surface area contributed by atoms with E-state index >= 15 is 0 Å². The molecule has 0 aromatic heterocycles. The average Bonchev–Trinajstić information content (AvgIpc) is 3.19. The van der Waals surface area contributed by atoms with Crippen LogP contribution in [0.5, 0.6) is 0 Å². The van der Waals surface area contributed by atoms with Gasteiger partial charge in [-0.25, -0.2) is 0 Å². The van der Waals surface area contributed by atoms with Gasteiger partial charge in [0.2, 0.25) is 5.91 Å². The highest BCUT2D eigenvalue weighted by molar-refractivity contribution is 5.76. The maximum atomic E-state index is 11.9. The van der Waals surface area contributed by atoms with Crippen LogP contribution in [0.3, 0.4) is 0 Å². The van der Waals surface area contributed by atoms with E-state index in [1.807, 2.05) is 13.8 Å². The molecule has 1 fully saturated rings. The Morgan fingerprint density at radius 1 is 1.41 bits per heavy atom. The van der Waals surface area contributed by atoms with Gasteiger partial charge in [0.25, 0.3) is 0 Å². The van der Waals surface area contributed by atoms with E-state index < -0.39 is 6.10 Å². The van der Waals surface area contributed by atoms with Gasteiger partial charge in [-0.15, -0.1) is 0 Å². The number of hydrogen-bond donors (Lipinski definition) is 2. The van der Waals surface area contributed by atoms with Crippen molar-refractivity contribution in [3.05, 3.63) is 35.4 Å². The predicted octanol–water partition coefficient (Wildman–Crippen LogP) is 2.80. The third kappa shape index (κ3) is 2.91. The average molecular weight is 301 g/mol. The molecular weight excluding hydrogens is 274 g/mol. The first kappa shape index (κ1) is 15.5. The van der Waals surface area contributed by atoms with Gasteiger partial charge in [-0.2, -0.15) is 0 Å². The Morgan fingerprint density at radius 2 is 2.18 bits per heavy atom. The molecule has 1 aromatic rings. The molecule has 0 bridgehead atoms. The zero-order valence-corrected chi connectivity index (χ0v) is 13.6. The number of aliphatic hydroxyl groups excluding tert-OH is 1. The highest BCUT2D eigenvalue weighted by Crippen LogP contribution is 2.59. The molecule has 0 aliphatic heterocycles. The molecular formula is C19H27NO2. The molecule has 1 amide bonds. The molecule has 1 aromatic carbocycles. The maximum absolute atomic E-state index is 11.9. The number of amides is 1. The van der Waals surface area contributed by atoms with Crippen molar-refractivity contribution < 1.29 is 9.90 Å². The number of nitrogens with one attached hydrogen (secondary N) is 1. The number of fused-ring (bicyclic) bond motifs is 2. The van der Waals surface area contributed by atoms with Gasteiger partial charge in [0, 0.05) is 12.0 Å². The van der Waals surface area contributed by atoms with Crippen molar-refractivity contribution in [2.45, 2.75) is 57.5 Å². The molecule has 3 atom stereocenters. The minimum absolute atomic E-state index is 0.0210. The Labute approximate surface area is 133 Å². The van der Waals surface area contributed by atoms with E-state index in [1.165, 1.54) is 36.8 Å². The summed E-state index contributed by atoms with van der Waals surface area (Å²) < 4.78 is 0. The lowest BCUT2D eigenvalue weighted by molar-refractivity contribution is -0.123. The largest absolute Gasteiger partial charge is 0.392 e. The summed E-state index contributed by atoms with van der Waals surface area (Å²) in [5.74, 6) is 0.671. The second kappa shape index (κ2) is 6.04. The first-order valence-corrected chi connectivity index (χ1v) is 8.56. The summed E-state index contributed by atoms with van der Waals surface area (Å²) in [4.78, 5) is 11.9. The SMILES string of the molecule is CC(C)C(O)CC(=O)NCC1CC12CCCc1ccccc12. The third-order valence-electron chi connectivity index (χ3n) is 5.56. The van der Waals surface area contributed by atoms with Crippen molar-refractivity contribution in [1.29, 1.82) is 0 Å². The molecule has 3 nitrogen and oxygen atoms in total. The van der Waals surface area contributed by atoms with Crippen LogP contribution in [0.15, 0.2) is 24.3 Å². The van der Waals surface area contributed by atoms with Gasteiger partial charge in [-0.1, -0.05) is 38.1 Å². The molecule has 2 aliphatic rings. The van der Waals surface area contributed by atoms with E-state index in [1.54, 1.807) is 0 Å². The smallest absolute Gasteiger partial charge is 0.222 e. The fourth-order valence-electron chi connectivity index (χ4n) is 3.97. The van der Waals surface area contributed by atoms with Crippen molar-refractivity contribution in [2.24, 2.45) is 11.8 Å². The molecule has 0 heterocycles. The van der Waals surface area contributed by atoms with Crippen LogP contribution in [0.25, 0.3) is 0 Å². The summed E-state index contributed by atoms with van der Waals surface area (Å²) in [6, 6.07) is 8.80. The van der Waals surface area contributed by atoms with Gasteiger partial charge in [-0.3, -0.25) is 4.79 Å². The van der Waals surface area contributed by atoms with Gasteiger partial charge < -0.3 is 10.4 Å². The second-order valence-electron chi connectivity index (χ2n) is 7.39. The van der Waals surface area contributed by atoms with Gasteiger partial charge >= 0.3 is 0 Å².